The van der Waals surface area contributed by atoms with Gasteiger partial charge < -0.3 is 19.3 Å². The van der Waals surface area contributed by atoms with E-state index in [2.05, 4.69) is 46.2 Å². The number of thioether (sulfide) groups is 1. The molecule has 2 heterocycles. The first-order chi connectivity index (χ1) is 14.1. The number of hydrogen-bond donors (Lipinski definition) is 0. The molecule has 6 nitrogen and oxygen atoms in total. The molecule has 0 aliphatic carbocycles. The predicted octanol–water partition coefficient (Wildman–Crippen LogP) is 4.14. The lowest BCUT2D eigenvalue weighted by Gasteiger charge is -2.37. The Morgan fingerprint density at radius 1 is 1.14 bits per heavy atom. The summed E-state index contributed by atoms with van der Waals surface area (Å²) in [5, 5.41) is 0.996. The molecule has 1 saturated heterocycles. The number of aromatic nitrogens is 1. The van der Waals surface area contributed by atoms with Gasteiger partial charge in [0.25, 0.3) is 0 Å². The molecule has 0 spiro atoms. The maximum absolute atomic E-state index is 5.53. The van der Waals surface area contributed by atoms with E-state index in [1.807, 2.05) is 19.1 Å². The van der Waals surface area contributed by atoms with Crippen molar-refractivity contribution in [3.8, 4) is 11.6 Å². The Morgan fingerprint density at radius 2 is 1.86 bits per heavy atom. The number of ether oxygens (including phenoxy) is 2. The van der Waals surface area contributed by atoms with Crippen LogP contribution in [0, 0.1) is 6.92 Å². The van der Waals surface area contributed by atoms with E-state index in [-0.39, 0.29) is 0 Å². The summed E-state index contributed by atoms with van der Waals surface area (Å²) in [6, 6.07) is 10.3. The second kappa shape index (κ2) is 9.87. The van der Waals surface area contributed by atoms with Crippen molar-refractivity contribution < 1.29 is 9.47 Å². The number of amidine groups is 1. The standard InChI is InChI=1S/C22H30N4O2S/c1-6-17-15-18(21(28-4)23-16(17)2)24-22(29-5)26-13-11-25(12-14-26)19-9-7-8-10-20(19)27-3/h7-10,15H,6,11-14H2,1-5H3. The van der Waals surface area contributed by atoms with Gasteiger partial charge in [0, 0.05) is 31.9 Å². The molecule has 1 aromatic carbocycles. The summed E-state index contributed by atoms with van der Waals surface area (Å²) in [6.07, 6.45) is 3.00. The molecule has 1 fully saturated rings. The van der Waals surface area contributed by atoms with Crippen LogP contribution in [0.15, 0.2) is 35.3 Å². The van der Waals surface area contributed by atoms with Gasteiger partial charge in [-0.15, -0.1) is 0 Å². The number of aliphatic imine (C=N–C) groups is 1. The molecule has 0 atom stereocenters. The van der Waals surface area contributed by atoms with Gasteiger partial charge in [-0.25, -0.2) is 9.98 Å². The fourth-order valence-electron chi connectivity index (χ4n) is 3.58. The van der Waals surface area contributed by atoms with Crippen molar-refractivity contribution in [2.45, 2.75) is 20.3 Å². The summed E-state index contributed by atoms with van der Waals surface area (Å²) >= 11 is 1.66. The lowest BCUT2D eigenvalue weighted by Crippen LogP contribution is -2.48. The third kappa shape index (κ3) is 4.78. The van der Waals surface area contributed by atoms with E-state index < -0.39 is 0 Å². The number of hydrogen-bond acceptors (Lipinski definition) is 6. The summed E-state index contributed by atoms with van der Waals surface area (Å²) in [6.45, 7) is 7.80. The summed E-state index contributed by atoms with van der Waals surface area (Å²) < 4.78 is 11.0. The Morgan fingerprint density at radius 3 is 2.48 bits per heavy atom. The maximum atomic E-state index is 5.53. The van der Waals surface area contributed by atoms with E-state index >= 15 is 0 Å². The zero-order valence-corrected chi connectivity index (χ0v) is 18.8. The zero-order chi connectivity index (χ0) is 20.8. The van der Waals surface area contributed by atoms with Crippen LogP contribution in [0.1, 0.15) is 18.2 Å². The Kier molecular flexibility index (Phi) is 7.25. The summed E-state index contributed by atoms with van der Waals surface area (Å²) in [4.78, 5) is 14.2. The first kappa shape index (κ1) is 21.3. The van der Waals surface area contributed by atoms with Crippen molar-refractivity contribution in [2.75, 3.05) is 51.6 Å². The third-order valence-electron chi connectivity index (χ3n) is 5.21. The number of piperazine rings is 1. The molecular weight excluding hydrogens is 384 g/mol. The molecule has 7 heteroatoms. The largest absolute Gasteiger partial charge is 0.495 e. The molecule has 1 aliphatic rings. The highest BCUT2D eigenvalue weighted by molar-refractivity contribution is 8.13. The topological polar surface area (TPSA) is 50.2 Å². The van der Waals surface area contributed by atoms with Crippen molar-refractivity contribution in [1.82, 2.24) is 9.88 Å². The van der Waals surface area contributed by atoms with Crippen LogP contribution in [0.2, 0.25) is 0 Å². The lowest BCUT2D eigenvalue weighted by atomic mass is 10.1. The minimum atomic E-state index is 0.582. The second-order valence-electron chi connectivity index (χ2n) is 6.86. The van der Waals surface area contributed by atoms with Crippen LogP contribution in [0.4, 0.5) is 11.4 Å². The van der Waals surface area contributed by atoms with Crippen LogP contribution < -0.4 is 14.4 Å². The molecule has 0 bridgehead atoms. The number of rotatable bonds is 5. The number of pyridine rings is 1. The number of para-hydroxylation sites is 2. The van der Waals surface area contributed by atoms with Crippen molar-refractivity contribution >= 4 is 28.3 Å². The van der Waals surface area contributed by atoms with Crippen molar-refractivity contribution in [2.24, 2.45) is 4.99 Å². The smallest absolute Gasteiger partial charge is 0.240 e. The molecular formula is C22H30N4O2S. The number of benzene rings is 1. The summed E-state index contributed by atoms with van der Waals surface area (Å²) in [7, 11) is 3.37. The minimum Gasteiger partial charge on any atom is -0.495 e. The highest BCUT2D eigenvalue weighted by Crippen LogP contribution is 2.31. The number of nitrogens with zero attached hydrogens (tertiary/aromatic N) is 4. The maximum Gasteiger partial charge on any atom is 0.240 e. The van der Waals surface area contributed by atoms with Crippen LogP contribution >= 0.6 is 11.8 Å². The summed E-state index contributed by atoms with van der Waals surface area (Å²) in [5.41, 5.74) is 4.14. The molecule has 0 unspecified atom stereocenters. The van der Waals surface area contributed by atoms with E-state index in [1.165, 1.54) is 5.56 Å². The van der Waals surface area contributed by atoms with Gasteiger partial charge in [-0.05, 0) is 43.4 Å². The molecule has 0 N–H and O–H groups in total. The molecule has 2 aromatic rings. The van der Waals surface area contributed by atoms with Gasteiger partial charge in [-0.1, -0.05) is 30.8 Å². The van der Waals surface area contributed by atoms with Crippen LogP contribution in [0.25, 0.3) is 0 Å². The number of aryl methyl sites for hydroxylation is 2. The Bertz CT molecular complexity index is 864. The highest BCUT2D eigenvalue weighted by Gasteiger charge is 2.22. The fraction of sp³-hybridized carbons (Fsp3) is 0.455. The minimum absolute atomic E-state index is 0.582. The third-order valence-corrected chi connectivity index (χ3v) is 5.93. The highest BCUT2D eigenvalue weighted by atomic mass is 32.2. The van der Waals surface area contributed by atoms with Crippen LogP contribution in [0.3, 0.4) is 0 Å². The quantitative estimate of drug-likeness (QED) is 0.541. The molecule has 1 aromatic heterocycles. The zero-order valence-electron chi connectivity index (χ0n) is 17.9. The average molecular weight is 415 g/mol. The van der Waals surface area contributed by atoms with Crippen LogP contribution in [0.5, 0.6) is 11.6 Å². The van der Waals surface area contributed by atoms with E-state index in [4.69, 9.17) is 14.5 Å². The monoisotopic (exact) mass is 414 g/mol. The molecule has 0 radical (unpaired) electrons. The van der Waals surface area contributed by atoms with Crippen molar-refractivity contribution in [3.05, 3.63) is 41.6 Å². The molecule has 0 saturated carbocycles. The van der Waals surface area contributed by atoms with Crippen molar-refractivity contribution in [1.29, 1.82) is 0 Å². The van der Waals surface area contributed by atoms with Crippen LogP contribution in [-0.4, -0.2) is 61.7 Å². The van der Waals surface area contributed by atoms with Gasteiger partial charge in [0.05, 0.1) is 19.9 Å². The first-order valence-electron chi connectivity index (χ1n) is 9.91. The molecule has 156 valence electrons. The first-order valence-corrected chi connectivity index (χ1v) is 11.1. The van der Waals surface area contributed by atoms with E-state index in [0.29, 0.717) is 5.88 Å². The Hall–Kier alpha value is -2.41. The van der Waals surface area contributed by atoms with Crippen LogP contribution in [-0.2, 0) is 6.42 Å². The van der Waals surface area contributed by atoms with Gasteiger partial charge in [0.1, 0.15) is 11.4 Å². The average Bonchev–Trinajstić information content (AvgIpc) is 2.78. The molecule has 1 aliphatic heterocycles. The van der Waals surface area contributed by atoms with E-state index in [1.54, 1.807) is 26.0 Å². The molecule has 29 heavy (non-hydrogen) atoms. The lowest BCUT2D eigenvalue weighted by molar-refractivity contribution is 0.382. The predicted molar refractivity (Wildman–Crippen MR) is 122 cm³/mol. The second-order valence-corrected chi connectivity index (χ2v) is 7.63. The van der Waals surface area contributed by atoms with Gasteiger partial charge in [-0.3, -0.25) is 0 Å². The Labute approximate surface area is 177 Å². The molecule has 3 rings (SSSR count). The fourth-order valence-corrected chi connectivity index (χ4v) is 4.21. The normalized spacial score (nSPS) is 14.9. The van der Waals surface area contributed by atoms with Gasteiger partial charge >= 0.3 is 0 Å². The summed E-state index contributed by atoms with van der Waals surface area (Å²) in [5.74, 6) is 1.50. The van der Waals surface area contributed by atoms with Gasteiger partial charge in [-0.2, -0.15) is 0 Å². The molecule has 0 amide bonds. The SMILES string of the molecule is CCc1cc(N=C(SC)N2CCN(c3ccccc3OC)CC2)c(OC)nc1C. The van der Waals surface area contributed by atoms with E-state index in [0.717, 1.165) is 60.6 Å². The number of methoxy groups -OCH3 is 2. The Balaban J connectivity index is 1.79. The van der Waals surface area contributed by atoms with E-state index in [9.17, 15) is 0 Å². The number of anilines is 1. The van der Waals surface area contributed by atoms with Gasteiger partial charge in [0.15, 0.2) is 5.17 Å². The van der Waals surface area contributed by atoms with Gasteiger partial charge in [0.2, 0.25) is 5.88 Å². The van der Waals surface area contributed by atoms with Crippen molar-refractivity contribution in [3.63, 3.8) is 0 Å².